The Balaban J connectivity index is 3.08. The van der Waals surface area contributed by atoms with E-state index >= 15 is 0 Å². The molecule has 0 aliphatic carbocycles. The highest BCUT2D eigenvalue weighted by atomic mass is 28.3. The van der Waals surface area contributed by atoms with Crippen LogP contribution in [0.3, 0.4) is 0 Å². The summed E-state index contributed by atoms with van der Waals surface area (Å²) in [5.74, 6) is 0. The topological polar surface area (TPSA) is 0 Å². The Morgan fingerprint density at radius 3 is 2.07 bits per heavy atom. The van der Waals surface area contributed by atoms with Gasteiger partial charge in [0.1, 0.15) is 0 Å². The van der Waals surface area contributed by atoms with Crippen molar-refractivity contribution in [2.45, 2.75) is 32.0 Å². The van der Waals surface area contributed by atoms with Gasteiger partial charge in [-0.25, -0.2) is 8.78 Å². The lowest BCUT2D eigenvalue weighted by atomic mass is 10.4. The summed E-state index contributed by atoms with van der Waals surface area (Å²) in [6.07, 6.45) is -0.0683. The van der Waals surface area contributed by atoms with E-state index < -0.39 is 13.6 Å². The van der Waals surface area contributed by atoms with Crippen LogP contribution in [0.2, 0.25) is 13.1 Å². The van der Waals surface area contributed by atoms with Crippen molar-refractivity contribution >= 4 is 13.3 Å². The van der Waals surface area contributed by atoms with Gasteiger partial charge >= 0.3 is 0 Å². The van der Waals surface area contributed by atoms with Crippen molar-refractivity contribution in [3.63, 3.8) is 0 Å². The first-order chi connectivity index (χ1) is 6.42. The molecule has 0 fully saturated rings. The van der Waals surface area contributed by atoms with Crippen LogP contribution in [0.15, 0.2) is 30.3 Å². The van der Waals surface area contributed by atoms with Gasteiger partial charge in [-0.2, -0.15) is 0 Å². The first kappa shape index (κ1) is 11.4. The molecule has 0 radical (unpaired) electrons. The zero-order valence-electron chi connectivity index (χ0n) is 8.85. The molecule has 0 bridgehead atoms. The zero-order valence-corrected chi connectivity index (χ0v) is 9.85. The number of alkyl halides is 2. The van der Waals surface area contributed by atoms with Gasteiger partial charge in [0, 0.05) is 6.42 Å². The maximum absolute atomic E-state index is 13.7. The van der Waals surface area contributed by atoms with Crippen LogP contribution >= 0.6 is 0 Å². The van der Waals surface area contributed by atoms with E-state index in [0.717, 1.165) is 5.19 Å². The summed E-state index contributed by atoms with van der Waals surface area (Å²) in [5, 5.41) is 0.826. The molecule has 0 saturated heterocycles. The predicted molar refractivity (Wildman–Crippen MR) is 58.8 cm³/mol. The molecule has 0 nitrogen and oxygen atoms in total. The molecule has 0 N–H and O–H groups in total. The maximum Gasteiger partial charge on any atom is 0.233 e. The number of halogens is 2. The monoisotopic (exact) mass is 214 g/mol. The van der Waals surface area contributed by atoms with Gasteiger partial charge < -0.3 is 0 Å². The highest BCUT2D eigenvalue weighted by molar-refractivity contribution is 6.91. The molecule has 0 aliphatic heterocycles. The predicted octanol–water partition coefficient (Wildman–Crippen LogP) is 3.19. The van der Waals surface area contributed by atoms with Crippen molar-refractivity contribution in [2.75, 3.05) is 0 Å². The summed E-state index contributed by atoms with van der Waals surface area (Å²) in [4.78, 5) is 0. The standard InChI is InChI=1S/C11H16F2Si/c1-4-11(12,13)14(2,3)10-8-6-5-7-9-10/h5-9H,4H2,1-3H3. The van der Waals surface area contributed by atoms with Crippen LogP contribution in [-0.4, -0.2) is 13.6 Å². The van der Waals surface area contributed by atoms with E-state index in [1.54, 1.807) is 20.0 Å². The van der Waals surface area contributed by atoms with Crippen LogP contribution in [0.4, 0.5) is 8.78 Å². The molecule has 3 heteroatoms. The fraction of sp³-hybridized carbons (Fsp3) is 0.455. The fourth-order valence-electron chi connectivity index (χ4n) is 1.51. The Morgan fingerprint density at radius 2 is 1.64 bits per heavy atom. The minimum absolute atomic E-state index is 0.0683. The highest BCUT2D eigenvalue weighted by Gasteiger charge is 2.47. The van der Waals surface area contributed by atoms with E-state index in [-0.39, 0.29) is 6.42 Å². The van der Waals surface area contributed by atoms with Gasteiger partial charge in [-0.15, -0.1) is 0 Å². The molecule has 0 aromatic heterocycles. The molecule has 0 spiro atoms. The highest BCUT2D eigenvalue weighted by Crippen LogP contribution is 2.29. The Kier molecular flexibility index (Phi) is 3.09. The molecule has 0 amide bonds. The van der Waals surface area contributed by atoms with Crippen molar-refractivity contribution in [1.29, 1.82) is 0 Å². The van der Waals surface area contributed by atoms with Crippen LogP contribution in [0.25, 0.3) is 0 Å². The first-order valence-corrected chi connectivity index (χ1v) is 7.85. The molecular weight excluding hydrogens is 198 g/mol. The van der Waals surface area contributed by atoms with Crippen LogP contribution in [-0.2, 0) is 0 Å². The molecule has 0 aliphatic rings. The Hall–Kier alpha value is -0.703. The number of hydrogen-bond donors (Lipinski definition) is 0. The Labute approximate surface area is 85.0 Å². The lowest BCUT2D eigenvalue weighted by Crippen LogP contribution is -2.57. The van der Waals surface area contributed by atoms with Crippen LogP contribution in [0, 0.1) is 0 Å². The maximum atomic E-state index is 13.7. The molecule has 78 valence electrons. The smallest absolute Gasteiger partial charge is 0.212 e. The van der Waals surface area contributed by atoms with E-state index in [2.05, 4.69) is 0 Å². The lowest BCUT2D eigenvalue weighted by Gasteiger charge is -2.31. The van der Waals surface area contributed by atoms with Crippen LogP contribution < -0.4 is 5.19 Å². The van der Waals surface area contributed by atoms with Crippen molar-refractivity contribution in [3.05, 3.63) is 30.3 Å². The zero-order chi connectivity index (χ0) is 10.8. The molecule has 1 rings (SSSR count). The van der Waals surface area contributed by atoms with Crippen LogP contribution in [0.5, 0.6) is 0 Å². The van der Waals surface area contributed by atoms with Gasteiger partial charge in [0.15, 0.2) is 8.07 Å². The van der Waals surface area contributed by atoms with E-state index in [1.807, 2.05) is 30.3 Å². The van der Waals surface area contributed by atoms with Crippen molar-refractivity contribution < 1.29 is 8.78 Å². The third-order valence-corrected chi connectivity index (χ3v) is 6.81. The fourth-order valence-corrected chi connectivity index (χ4v) is 3.84. The largest absolute Gasteiger partial charge is 0.233 e. The van der Waals surface area contributed by atoms with Gasteiger partial charge in [-0.3, -0.25) is 0 Å². The van der Waals surface area contributed by atoms with Gasteiger partial charge in [-0.1, -0.05) is 55.5 Å². The molecule has 0 atom stereocenters. The first-order valence-electron chi connectivity index (χ1n) is 4.85. The minimum atomic E-state index is -2.64. The van der Waals surface area contributed by atoms with E-state index in [1.165, 1.54) is 0 Å². The Bertz CT molecular complexity index is 293. The van der Waals surface area contributed by atoms with E-state index in [9.17, 15) is 8.78 Å². The van der Waals surface area contributed by atoms with Gasteiger partial charge in [0.2, 0.25) is 5.55 Å². The molecule has 0 saturated carbocycles. The number of rotatable bonds is 3. The SMILES string of the molecule is CCC(F)(F)[Si](C)(C)c1ccccc1. The Morgan fingerprint density at radius 1 is 1.14 bits per heavy atom. The normalized spacial score (nSPS) is 12.9. The van der Waals surface area contributed by atoms with Crippen molar-refractivity contribution in [3.8, 4) is 0 Å². The van der Waals surface area contributed by atoms with E-state index in [4.69, 9.17) is 0 Å². The third-order valence-electron chi connectivity index (χ3n) is 2.85. The van der Waals surface area contributed by atoms with Gasteiger partial charge in [-0.05, 0) is 0 Å². The second kappa shape index (κ2) is 3.81. The molecule has 0 unspecified atom stereocenters. The summed E-state index contributed by atoms with van der Waals surface area (Å²) in [6, 6.07) is 9.15. The number of benzene rings is 1. The summed E-state index contributed by atoms with van der Waals surface area (Å²) >= 11 is 0. The van der Waals surface area contributed by atoms with Gasteiger partial charge in [0.25, 0.3) is 0 Å². The second-order valence-electron chi connectivity index (χ2n) is 4.05. The van der Waals surface area contributed by atoms with Crippen LogP contribution in [0.1, 0.15) is 13.3 Å². The molecule has 14 heavy (non-hydrogen) atoms. The number of hydrogen-bond acceptors (Lipinski definition) is 0. The second-order valence-corrected chi connectivity index (χ2v) is 8.61. The quantitative estimate of drug-likeness (QED) is 0.678. The summed E-state index contributed by atoms with van der Waals surface area (Å²) < 4.78 is 27.4. The third kappa shape index (κ3) is 1.87. The minimum Gasteiger partial charge on any atom is -0.212 e. The van der Waals surface area contributed by atoms with Crippen molar-refractivity contribution in [1.82, 2.24) is 0 Å². The lowest BCUT2D eigenvalue weighted by molar-refractivity contribution is 0.0787. The molecule has 1 aromatic rings. The van der Waals surface area contributed by atoms with Crippen molar-refractivity contribution in [2.24, 2.45) is 0 Å². The van der Waals surface area contributed by atoms with E-state index in [0.29, 0.717) is 0 Å². The average molecular weight is 214 g/mol. The average Bonchev–Trinajstić information content (AvgIpc) is 2.19. The molecule has 0 heterocycles. The summed E-state index contributed by atoms with van der Waals surface area (Å²) in [5.41, 5.74) is -2.52. The summed E-state index contributed by atoms with van der Waals surface area (Å²) in [7, 11) is -2.64. The summed E-state index contributed by atoms with van der Waals surface area (Å²) in [6.45, 7) is 5.01. The molecule has 1 aromatic carbocycles. The molecular formula is C11H16F2Si. The van der Waals surface area contributed by atoms with Gasteiger partial charge in [0.05, 0.1) is 0 Å².